The second-order valence-corrected chi connectivity index (χ2v) is 7.84. The summed E-state index contributed by atoms with van der Waals surface area (Å²) in [4.78, 5) is 36.2. The van der Waals surface area contributed by atoms with Gasteiger partial charge in [-0.1, -0.05) is 6.07 Å². The second kappa shape index (κ2) is 7.60. The zero-order valence-electron chi connectivity index (χ0n) is 17.5. The van der Waals surface area contributed by atoms with Crippen LogP contribution in [0.15, 0.2) is 43.0 Å². The molecule has 3 aromatic heterocycles. The second-order valence-electron chi connectivity index (χ2n) is 7.84. The van der Waals surface area contributed by atoms with Crippen LogP contribution in [0.5, 0.6) is 0 Å². The number of pyridine rings is 1. The van der Waals surface area contributed by atoms with Crippen LogP contribution in [0.2, 0.25) is 0 Å². The fourth-order valence-electron chi connectivity index (χ4n) is 3.68. The Hall–Kier alpha value is -4.01. The molecule has 4 aromatic rings. The monoisotopic (exact) mass is 433 g/mol. The molecule has 3 heterocycles. The Morgan fingerprint density at radius 2 is 2.03 bits per heavy atom. The predicted molar refractivity (Wildman–Crippen MR) is 116 cm³/mol. The van der Waals surface area contributed by atoms with Gasteiger partial charge in [0.2, 0.25) is 5.91 Å². The SMILES string of the molecule is COC(=O)c1cnc(NC(=O)C2CC2)c2[nH]c(-c3cccc(-c4cn(C)cn4)c3F)cc12. The molecule has 1 aliphatic rings. The number of H-pyrrole nitrogens is 1. The van der Waals surface area contributed by atoms with Crippen LogP contribution in [0.4, 0.5) is 10.2 Å². The highest BCUT2D eigenvalue weighted by Crippen LogP contribution is 2.35. The van der Waals surface area contributed by atoms with Gasteiger partial charge in [-0.2, -0.15) is 0 Å². The molecule has 9 heteroatoms. The molecule has 0 bridgehead atoms. The molecule has 0 aliphatic heterocycles. The summed E-state index contributed by atoms with van der Waals surface area (Å²) in [5, 5.41) is 3.29. The van der Waals surface area contributed by atoms with Crippen molar-refractivity contribution in [1.29, 1.82) is 0 Å². The van der Waals surface area contributed by atoms with E-state index in [0.29, 0.717) is 33.4 Å². The Morgan fingerprint density at radius 1 is 1.25 bits per heavy atom. The Kier molecular flexibility index (Phi) is 4.73. The Labute approximate surface area is 182 Å². The van der Waals surface area contributed by atoms with Crippen LogP contribution in [0, 0.1) is 11.7 Å². The summed E-state index contributed by atoms with van der Waals surface area (Å²) in [7, 11) is 3.09. The number of methoxy groups -OCH3 is 1. The number of fused-ring (bicyclic) bond motifs is 1. The molecule has 32 heavy (non-hydrogen) atoms. The summed E-state index contributed by atoms with van der Waals surface area (Å²) < 4.78 is 22.1. The number of aryl methyl sites for hydroxylation is 1. The van der Waals surface area contributed by atoms with Gasteiger partial charge in [0.1, 0.15) is 5.82 Å². The van der Waals surface area contributed by atoms with Gasteiger partial charge < -0.3 is 19.6 Å². The van der Waals surface area contributed by atoms with E-state index in [1.165, 1.54) is 13.3 Å². The molecule has 0 atom stereocenters. The van der Waals surface area contributed by atoms with Crippen molar-refractivity contribution in [3.05, 3.63) is 54.4 Å². The lowest BCUT2D eigenvalue weighted by molar-refractivity contribution is -0.117. The number of nitrogens with zero attached hydrogens (tertiary/aromatic N) is 3. The number of halogens is 1. The van der Waals surface area contributed by atoms with Crippen LogP contribution in [-0.2, 0) is 16.6 Å². The number of aromatic nitrogens is 4. The lowest BCUT2D eigenvalue weighted by Gasteiger charge is -2.07. The molecule has 8 nitrogen and oxygen atoms in total. The van der Waals surface area contributed by atoms with Gasteiger partial charge >= 0.3 is 5.97 Å². The first-order chi connectivity index (χ1) is 15.5. The zero-order valence-corrected chi connectivity index (χ0v) is 17.5. The van der Waals surface area contributed by atoms with Gasteiger partial charge in [0.05, 0.1) is 30.2 Å². The molecule has 1 fully saturated rings. The largest absolute Gasteiger partial charge is 0.465 e. The maximum atomic E-state index is 15.5. The number of ether oxygens (including phenoxy) is 1. The van der Waals surface area contributed by atoms with E-state index in [0.717, 1.165) is 12.8 Å². The number of rotatable bonds is 5. The van der Waals surface area contributed by atoms with E-state index in [2.05, 4.69) is 20.3 Å². The van der Waals surface area contributed by atoms with Gasteiger partial charge in [-0.05, 0) is 31.0 Å². The average Bonchev–Trinajstić information content (AvgIpc) is 3.41. The summed E-state index contributed by atoms with van der Waals surface area (Å²) in [6.07, 6.45) is 6.38. The molecular weight excluding hydrogens is 413 g/mol. The van der Waals surface area contributed by atoms with Gasteiger partial charge in [0.25, 0.3) is 0 Å². The molecule has 1 aromatic carbocycles. The Balaban J connectivity index is 1.65. The molecule has 0 radical (unpaired) electrons. The van der Waals surface area contributed by atoms with Gasteiger partial charge in [-0.3, -0.25) is 4.79 Å². The predicted octanol–water partition coefficient (Wildman–Crippen LogP) is 3.90. The minimum absolute atomic E-state index is 0.0194. The van der Waals surface area contributed by atoms with Crippen molar-refractivity contribution in [2.24, 2.45) is 13.0 Å². The van der Waals surface area contributed by atoms with Crippen molar-refractivity contribution in [2.75, 3.05) is 12.4 Å². The number of esters is 1. The van der Waals surface area contributed by atoms with E-state index in [-0.39, 0.29) is 23.2 Å². The van der Waals surface area contributed by atoms with E-state index in [9.17, 15) is 9.59 Å². The molecule has 5 rings (SSSR count). The van der Waals surface area contributed by atoms with E-state index in [4.69, 9.17) is 4.74 Å². The van der Waals surface area contributed by atoms with E-state index < -0.39 is 11.8 Å². The minimum Gasteiger partial charge on any atom is -0.465 e. The number of hydrogen-bond acceptors (Lipinski definition) is 5. The number of imidazole rings is 1. The fraction of sp³-hybridized carbons (Fsp3) is 0.217. The lowest BCUT2D eigenvalue weighted by atomic mass is 10.0. The summed E-state index contributed by atoms with van der Waals surface area (Å²) in [6.45, 7) is 0. The van der Waals surface area contributed by atoms with Crippen molar-refractivity contribution in [3.8, 4) is 22.5 Å². The van der Waals surface area contributed by atoms with E-state index >= 15 is 4.39 Å². The van der Waals surface area contributed by atoms with Crippen molar-refractivity contribution >= 4 is 28.6 Å². The van der Waals surface area contributed by atoms with Crippen molar-refractivity contribution < 1.29 is 18.7 Å². The van der Waals surface area contributed by atoms with Crippen LogP contribution < -0.4 is 5.32 Å². The summed E-state index contributed by atoms with van der Waals surface area (Å²) in [5.74, 6) is -0.875. The smallest absolute Gasteiger partial charge is 0.340 e. The summed E-state index contributed by atoms with van der Waals surface area (Å²) in [6, 6.07) is 6.70. The van der Waals surface area contributed by atoms with Gasteiger partial charge in [-0.15, -0.1) is 0 Å². The van der Waals surface area contributed by atoms with Crippen LogP contribution in [0.25, 0.3) is 33.4 Å². The van der Waals surface area contributed by atoms with Crippen LogP contribution in [0.3, 0.4) is 0 Å². The first-order valence-corrected chi connectivity index (χ1v) is 10.1. The Morgan fingerprint density at radius 3 is 2.72 bits per heavy atom. The molecular formula is C23H20FN5O3. The average molecular weight is 433 g/mol. The lowest BCUT2D eigenvalue weighted by Crippen LogP contribution is -2.15. The molecule has 162 valence electrons. The molecule has 1 aliphatic carbocycles. The van der Waals surface area contributed by atoms with Crippen LogP contribution in [-0.4, -0.2) is 38.5 Å². The molecule has 0 unspecified atom stereocenters. The first-order valence-electron chi connectivity index (χ1n) is 10.1. The van der Waals surface area contributed by atoms with Gasteiger partial charge in [-0.25, -0.2) is 19.2 Å². The third-order valence-electron chi connectivity index (χ3n) is 5.53. The number of nitrogens with one attached hydrogen (secondary N) is 2. The summed E-state index contributed by atoms with van der Waals surface area (Å²) >= 11 is 0. The maximum Gasteiger partial charge on any atom is 0.340 e. The number of carbonyl (C=O) groups is 2. The number of aromatic amines is 1. The number of carbonyl (C=O) groups excluding carboxylic acids is 2. The molecule has 1 saturated carbocycles. The number of anilines is 1. The van der Waals surface area contributed by atoms with Gasteiger partial charge in [0, 0.05) is 47.6 Å². The first kappa shape index (κ1) is 19.9. The normalized spacial score (nSPS) is 13.3. The minimum atomic E-state index is -0.573. The highest BCUT2D eigenvalue weighted by atomic mass is 19.1. The zero-order chi connectivity index (χ0) is 22.4. The Bertz CT molecular complexity index is 1370. The molecule has 0 saturated heterocycles. The number of benzene rings is 1. The topological polar surface area (TPSA) is 102 Å². The third kappa shape index (κ3) is 3.41. The van der Waals surface area contributed by atoms with Gasteiger partial charge in [0.15, 0.2) is 5.82 Å². The highest BCUT2D eigenvalue weighted by molar-refractivity contribution is 6.10. The molecule has 2 N–H and O–H groups in total. The number of hydrogen-bond donors (Lipinski definition) is 2. The van der Waals surface area contributed by atoms with E-state index in [1.54, 1.807) is 41.4 Å². The summed E-state index contributed by atoms with van der Waals surface area (Å²) in [5.41, 5.74) is 2.26. The standard InChI is InChI=1S/C23H20FN5O3/c1-29-10-18(26-11-29)14-5-3-4-13(19(14)24)17-8-15-16(23(31)32-2)9-25-21(20(15)27-17)28-22(30)12-6-7-12/h3-5,8-12,27H,6-7H2,1-2H3,(H,25,28,30). The third-order valence-corrected chi connectivity index (χ3v) is 5.53. The number of amides is 1. The molecule has 1 amide bonds. The van der Waals surface area contributed by atoms with Crippen molar-refractivity contribution in [2.45, 2.75) is 12.8 Å². The van der Waals surface area contributed by atoms with Crippen molar-refractivity contribution in [3.63, 3.8) is 0 Å². The van der Waals surface area contributed by atoms with Crippen LogP contribution >= 0.6 is 0 Å². The maximum absolute atomic E-state index is 15.5. The molecule has 0 spiro atoms. The quantitative estimate of drug-likeness (QED) is 0.465. The fourth-order valence-corrected chi connectivity index (χ4v) is 3.68. The highest BCUT2D eigenvalue weighted by Gasteiger charge is 2.30. The van der Waals surface area contributed by atoms with E-state index in [1.807, 2.05) is 7.05 Å². The van der Waals surface area contributed by atoms with Crippen molar-refractivity contribution in [1.82, 2.24) is 19.5 Å². The van der Waals surface area contributed by atoms with Crippen LogP contribution in [0.1, 0.15) is 23.2 Å².